The monoisotopic (exact) mass is 233 g/mol. The highest BCUT2D eigenvalue weighted by atomic mass is 16.2. The van der Waals surface area contributed by atoms with Crippen LogP contribution >= 0.6 is 0 Å². The van der Waals surface area contributed by atoms with Crippen molar-refractivity contribution in [2.75, 3.05) is 0 Å². The zero-order chi connectivity index (χ0) is 13.2. The number of carbonyl (C=O) groups excluding carboxylic acids is 1. The Labute approximate surface area is 104 Å². The molecule has 94 valence electrons. The Balaban J connectivity index is 2.80. The number of rotatable bonds is 2. The maximum atomic E-state index is 11.8. The predicted octanol–water partition coefficient (Wildman–Crippen LogP) is 3.27. The number of hydrogen-bond acceptors (Lipinski definition) is 1. The number of hydrogen-bond donors (Lipinski definition) is 1. The summed E-state index contributed by atoms with van der Waals surface area (Å²) in [4.78, 5) is 11.8. The van der Waals surface area contributed by atoms with Crippen molar-refractivity contribution in [1.29, 1.82) is 0 Å². The molecule has 0 atom stereocenters. The molecule has 0 radical (unpaired) electrons. The van der Waals surface area contributed by atoms with Crippen LogP contribution in [0.25, 0.3) is 0 Å². The van der Waals surface area contributed by atoms with E-state index in [4.69, 9.17) is 0 Å². The van der Waals surface area contributed by atoms with Crippen LogP contribution in [0.4, 0.5) is 0 Å². The van der Waals surface area contributed by atoms with Gasteiger partial charge in [-0.05, 0) is 37.5 Å². The molecule has 0 saturated heterocycles. The van der Waals surface area contributed by atoms with Crippen LogP contribution in [-0.2, 0) is 11.3 Å². The van der Waals surface area contributed by atoms with Crippen molar-refractivity contribution >= 4 is 5.91 Å². The van der Waals surface area contributed by atoms with E-state index >= 15 is 0 Å². The van der Waals surface area contributed by atoms with Crippen LogP contribution in [0.15, 0.2) is 12.1 Å². The van der Waals surface area contributed by atoms with E-state index in [-0.39, 0.29) is 11.3 Å². The molecule has 0 spiro atoms. The summed E-state index contributed by atoms with van der Waals surface area (Å²) < 4.78 is 0. The summed E-state index contributed by atoms with van der Waals surface area (Å²) in [6.45, 7) is 12.7. The molecule has 0 fully saturated rings. The van der Waals surface area contributed by atoms with Gasteiger partial charge in [-0.25, -0.2) is 0 Å². The molecule has 1 rings (SSSR count). The summed E-state index contributed by atoms with van der Waals surface area (Å²) in [6.07, 6.45) is 0. The molecule has 2 heteroatoms. The summed E-state index contributed by atoms with van der Waals surface area (Å²) >= 11 is 0. The third-order valence-corrected chi connectivity index (χ3v) is 2.95. The van der Waals surface area contributed by atoms with Gasteiger partial charge in [0.25, 0.3) is 0 Å². The molecular formula is C15H23NO. The third-order valence-electron chi connectivity index (χ3n) is 2.95. The third kappa shape index (κ3) is 3.58. The first-order chi connectivity index (χ1) is 7.71. The van der Waals surface area contributed by atoms with E-state index in [1.807, 2.05) is 20.8 Å². The first-order valence-corrected chi connectivity index (χ1v) is 6.07. The number of amides is 1. The van der Waals surface area contributed by atoms with Crippen molar-refractivity contribution in [3.05, 3.63) is 34.4 Å². The van der Waals surface area contributed by atoms with Gasteiger partial charge in [0, 0.05) is 12.0 Å². The predicted molar refractivity (Wildman–Crippen MR) is 72.0 cm³/mol. The molecule has 0 aliphatic rings. The van der Waals surface area contributed by atoms with Crippen LogP contribution in [0, 0.1) is 26.2 Å². The number of benzene rings is 1. The molecule has 0 saturated carbocycles. The zero-order valence-corrected chi connectivity index (χ0v) is 11.8. The van der Waals surface area contributed by atoms with Crippen molar-refractivity contribution in [3.8, 4) is 0 Å². The number of aryl methyl sites for hydroxylation is 3. The van der Waals surface area contributed by atoms with Crippen molar-refractivity contribution in [1.82, 2.24) is 5.32 Å². The highest BCUT2D eigenvalue weighted by molar-refractivity contribution is 5.81. The van der Waals surface area contributed by atoms with Gasteiger partial charge < -0.3 is 5.32 Å². The molecule has 1 aromatic rings. The van der Waals surface area contributed by atoms with Crippen molar-refractivity contribution in [2.45, 2.75) is 48.1 Å². The maximum absolute atomic E-state index is 11.8. The molecule has 1 amide bonds. The largest absolute Gasteiger partial charge is 0.352 e. The maximum Gasteiger partial charge on any atom is 0.225 e. The summed E-state index contributed by atoms with van der Waals surface area (Å²) in [7, 11) is 0. The Morgan fingerprint density at radius 2 is 1.59 bits per heavy atom. The fourth-order valence-electron chi connectivity index (χ4n) is 1.92. The molecule has 1 aromatic carbocycles. The minimum absolute atomic E-state index is 0.0943. The van der Waals surface area contributed by atoms with Crippen LogP contribution in [0.2, 0.25) is 0 Å². The molecule has 0 bridgehead atoms. The van der Waals surface area contributed by atoms with Gasteiger partial charge >= 0.3 is 0 Å². The minimum atomic E-state index is -0.327. The van der Waals surface area contributed by atoms with E-state index in [0.717, 1.165) is 0 Å². The van der Waals surface area contributed by atoms with Crippen LogP contribution in [0.5, 0.6) is 0 Å². The van der Waals surface area contributed by atoms with Gasteiger partial charge in [0.1, 0.15) is 0 Å². The molecule has 1 N–H and O–H groups in total. The topological polar surface area (TPSA) is 29.1 Å². The van der Waals surface area contributed by atoms with E-state index in [1.165, 1.54) is 22.3 Å². The fraction of sp³-hybridized carbons (Fsp3) is 0.533. The average Bonchev–Trinajstić information content (AvgIpc) is 2.13. The second-order valence-corrected chi connectivity index (χ2v) is 5.81. The molecule has 0 aliphatic carbocycles. The van der Waals surface area contributed by atoms with Gasteiger partial charge in [0.2, 0.25) is 5.91 Å². The lowest BCUT2D eigenvalue weighted by molar-refractivity contribution is -0.128. The highest BCUT2D eigenvalue weighted by Gasteiger charge is 2.20. The zero-order valence-electron chi connectivity index (χ0n) is 11.8. The van der Waals surface area contributed by atoms with Gasteiger partial charge in [0.15, 0.2) is 0 Å². The average molecular weight is 233 g/mol. The molecule has 17 heavy (non-hydrogen) atoms. The van der Waals surface area contributed by atoms with E-state index in [9.17, 15) is 4.79 Å². The first-order valence-electron chi connectivity index (χ1n) is 6.07. The quantitative estimate of drug-likeness (QED) is 0.834. The Hall–Kier alpha value is -1.31. The summed E-state index contributed by atoms with van der Waals surface area (Å²) in [6, 6.07) is 4.32. The van der Waals surface area contributed by atoms with Crippen LogP contribution in [0.3, 0.4) is 0 Å². The van der Waals surface area contributed by atoms with E-state index in [0.29, 0.717) is 6.54 Å². The lowest BCUT2D eigenvalue weighted by Crippen LogP contribution is -2.34. The lowest BCUT2D eigenvalue weighted by Gasteiger charge is -2.19. The van der Waals surface area contributed by atoms with Crippen LogP contribution < -0.4 is 5.32 Å². The minimum Gasteiger partial charge on any atom is -0.352 e. The van der Waals surface area contributed by atoms with Crippen LogP contribution in [-0.4, -0.2) is 5.91 Å². The highest BCUT2D eigenvalue weighted by Crippen LogP contribution is 2.17. The van der Waals surface area contributed by atoms with Gasteiger partial charge in [-0.3, -0.25) is 4.79 Å². The molecule has 2 nitrogen and oxygen atoms in total. The second kappa shape index (κ2) is 4.91. The Morgan fingerprint density at radius 1 is 1.12 bits per heavy atom. The fourth-order valence-corrected chi connectivity index (χ4v) is 1.92. The van der Waals surface area contributed by atoms with E-state index in [2.05, 4.69) is 38.2 Å². The Morgan fingerprint density at radius 3 is 2.00 bits per heavy atom. The van der Waals surface area contributed by atoms with Crippen molar-refractivity contribution in [3.63, 3.8) is 0 Å². The second-order valence-electron chi connectivity index (χ2n) is 5.81. The molecule has 0 heterocycles. The number of carbonyl (C=O) groups is 1. The van der Waals surface area contributed by atoms with Crippen LogP contribution in [0.1, 0.15) is 43.0 Å². The van der Waals surface area contributed by atoms with Gasteiger partial charge in [-0.1, -0.05) is 38.5 Å². The van der Waals surface area contributed by atoms with E-state index < -0.39 is 0 Å². The standard InChI is InChI=1S/C15H23NO/c1-10-7-11(2)13(12(3)8-10)9-16-14(17)15(4,5)6/h7-8H,9H2,1-6H3,(H,16,17). The number of nitrogens with one attached hydrogen (secondary N) is 1. The SMILES string of the molecule is Cc1cc(C)c(CNC(=O)C(C)(C)C)c(C)c1. The summed E-state index contributed by atoms with van der Waals surface area (Å²) in [5, 5.41) is 3.00. The normalized spacial score (nSPS) is 11.4. The summed E-state index contributed by atoms with van der Waals surface area (Å²) in [5.74, 6) is 0.0943. The molecule has 0 aromatic heterocycles. The van der Waals surface area contributed by atoms with Gasteiger partial charge in [-0.2, -0.15) is 0 Å². The van der Waals surface area contributed by atoms with Crippen molar-refractivity contribution in [2.24, 2.45) is 5.41 Å². The molecule has 0 unspecified atom stereocenters. The smallest absolute Gasteiger partial charge is 0.225 e. The first kappa shape index (κ1) is 13.8. The van der Waals surface area contributed by atoms with Gasteiger partial charge in [0.05, 0.1) is 0 Å². The Kier molecular flexibility index (Phi) is 3.97. The lowest BCUT2D eigenvalue weighted by atomic mass is 9.95. The van der Waals surface area contributed by atoms with E-state index in [1.54, 1.807) is 0 Å². The molecule has 0 aliphatic heterocycles. The molecular weight excluding hydrogens is 210 g/mol. The summed E-state index contributed by atoms with van der Waals surface area (Å²) in [5.41, 5.74) is 4.67. The van der Waals surface area contributed by atoms with Gasteiger partial charge in [-0.15, -0.1) is 0 Å². The Bertz CT molecular complexity index is 404. The van der Waals surface area contributed by atoms with Crippen molar-refractivity contribution < 1.29 is 4.79 Å².